The second-order valence-corrected chi connectivity index (χ2v) is 8.31. The molecule has 2 rings (SSSR count). The summed E-state index contributed by atoms with van der Waals surface area (Å²) in [4.78, 5) is 3.22. The van der Waals surface area contributed by atoms with Crippen LogP contribution >= 0.6 is 0 Å². The van der Waals surface area contributed by atoms with E-state index >= 15 is 0 Å². The van der Waals surface area contributed by atoms with Gasteiger partial charge in [0.25, 0.3) is 0 Å². The van der Waals surface area contributed by atoms with Gasteiger partial charge >= 0.3 is 5.87 Å². The maximum absolute atomic E-state index is 9.15. The zero-order valence-corrected chi connectivity index (χ0v) is 19.7. The Labute approximate surface area is 189 Å². The van der Waals surface area contributed by atoms with Gasteiger partial charge in [0.15, 0.2) is 0 Å². The normalized spacial score (nSPS) is 11.1. The lowest BCUT2D eigenvalue weighted by atomic mass is 9.92. The van der Waals surface area contributed by atoms with Crippen LogP contribution in [0.25, 0.3) is 11.1 Å². The largest absolute Gasteiger partial charge is 0.348 e. The van der Waals surface area contributed by atoms with Gasteiger partial charge < -0.3 is 5.53 Å². The van der Waals surface area contributed by atoms with E-state index in [0.717, 1.165) is 43.3 Å². The zero-order chi connectivity index (χ0) is 22.3. The molecule has 2 aromatic carbocycles. The van der Waals surface area contributed by atoms with Crippen molar-refractivity contribution < 1.29 is 4.79 Å². The van der Waals surface area contributed by atoms with Gasteiger partial charge in [0, 0.05) is 0 Å². The third kappa shape index (κ3) is 8.54. The maximum Gasteiger partial charge on any atom is 0.303 e. The molecular weight excluding hydrogens is 376 g/mol. The molecule has 0 aliphatic heterocycles. The summed E-state index contributed by atoms with van der Waals surface area (Å²) in [5, 5.41) is 0. The predicted octanol–water partition coefficient (Wildman–Crippen LogP) is 8.21. The van der Waals surface area contributed by atoms with Crippen LogP contribution in [0.2, 0.25) is 0 Å². The van der Waals surface area contributed by atoms with Crippen molar-refractivity contribution >= 4 is 11.4 Å². The highest BCUT2D eigenvalue weighted by Crippen LogP contribution is 2.27. The van der Waals surface area contributed by atoms with Gasteiger partial charge in [-0.15, -0.1) is 4.79 Å². The van der Waals surface area contributed by atoms with Crippen LogP contribution in [0.4, 0.5) is 0 Å². The quantitative estimate of drug-likeness (QED) is 0.104. The average Bonchev–Trinajstić information content (AvgIpc) is 2.81. The molecule has 0 N–H and O–H groups in total. The number of unbranched alkanes of at least 4 members (excludes halogenated alkanes) is 5. The van der Waals surface area contributed by atoms with Crippen molar-refractivity contribution in [2.45, 2.75) is 85.0 Å². The molecule has 0 saturated heterocycles. The monoisotopic (exact) mass is 414 g/mol. The van der Waals surface area contributed by atoms with Crippen LogP contribution < -0.4 is 0 Å². The van der Waals surface area contributed by atoms with Crippen LogP contribution in [0.3, 0.4) is 0 Å². The van der Waals surface area contributed by atoms with Crippen molar-refractivity contribution in [2.75, 3.05) is 0 Å². The highest BCUT2D eigenvalue weighted by molar-refractivity contribution is 5.83. The summed E-state index contributed by atoms with van der Waals surface area (Å²) in [6.45, 7) is 6.64. The van der Waals surface area contributed by atoms with Crippen molar-refractivity contribution in [3.8, 4) is 0 Å². The minimum Gasteiger partial charge on any atom is -0.348 e. The Morgan fingerprint density at radius 2 is 1.58 bits per heavy atom. The predicted molar refractivity (Wildman–Crippen MR) is 133 cm³/mol. The van der Waals surface area contributed by atoms with Crippen molar-refractivity contribution in [3.05, 3.63) is 88.0 Å². The van der Waals surface area contributed by atoms with E-state index < -0.39 is 0 Å². The fourth-order valence-electron chi connectivity index (χ4n) is 3.86. The topological polar surface area (TPSA) is 36.4 Å². The van der Waals surface area contributed by atoms with E-state index in [0.29, 0.717) is 0 Å². The van der Waals surface area contributed by atoms with Gasteiger partial charge in [-0.05, 0) is 66.0 Å². The summed E-state index contributed by atoms with van der Waals surface area (Å²) in [6.07, 6.45) is 13.7. The van der Waals surface area contributed by atoms with Gasteiger partial charge in [-0.25, -0.2) is 0 Å². The Hall–Kier alpha value is -2.66. The summed E-state index contributed by atoms with van der Waals surface area (Å²) in [6, 6.07) is 17.7. The smallest absolute Gasteiger partial charge is 0.303 e. The van der Waals surface area contributed by atoms with Gasteiger partial charge in [-0.3, -0.25) is 0 Å². The first kappa shape index (κ1) is 24.6. The number of hydrogen-bond acceptors (Lipinski definition) is 0. The lowest BCUT2D eigenvalue weighted by Crippen LogP contribution is -1.94. The summed E-state index contributed by atoms with van der Waals surface area (Å²) in [7, 11) is 0. The molecule has 2 nitrogen and oxygen atoms in total. The second kappa shape index (κ2) is 14.4. The van der Waals surface area contributed by atoms with Crippen molar-refractivity contribution in [1.29, 1.82) is 0 Å². The van der Waals surface area contributed by atoms with Crippen LogP contribution in [0.15, 0.2) is 60.2 Å². The van der Waals surface area contributed by atoms with E-state index in [2.05, 4.69) is 86.0 Å². The minimum atomic E-state index is 0.865. The molecule has 31 heavy (non-hydrogen) atoms. The van der Waals surface area contributed by atoms with Crippen LogP contribution in [0.1, 0.15) is 94.4 Å². The molecule has 0 aliphatic rings. The van der Waals surface area contributed by atoms with Crippen LogP contribution in [-0.4, -0.2) is 10.7 Å². The molecule has 0 spiro atoms. The van der Waals surface area contributed by atoms with Crippen molar-refractivity contribution in [1.82, 2.24) is 0 Å². The Bertz CT molecular complexity index is 908. The molecule has 0 aromatic heterocycles. The van der Waals surface area contributed by atoms with Crippen LogP contribution in [0.5, 0.6) is 0 Å². The Morgan fingerprint density at radius 1 is 0.839 bits per heavy atom. The number of nitrogens with zero attached hydrogens (tertiary/aromatic N) is 2. The number of rotatable bonds is 13. The summed E-state index contributed by atoms with van der Waals surface area (Å²) < 4.78 is 0. The van der Waals surface area contributed by atoms with E-state index in [-0.39, 0.29) is 0 Å². The molecule has 0 aliphatic carbocycles. The maximum atomic E-state index is 9.15. The van der Waals surface area contributed by atoms with Crippen LogP contribution in [-0.2, 0) is 12.8 Å². The molecule has 0 fully saturated rings. The summed E-state index contributed by atoms with van der Waals surface area (Å²) in [5.41, 5.74) is 16.4. The van der Waals surface area contributed by atoms with E-state index in [1.807, 2.05) is 0 Å². The van der Waals surface area contributed by atoms with E-state index in [1.54, 1.807) is 0 Å². The van der Waals surface area contributed by atoms with Gasteiger partial charge in [-0.1, -0.05) is 101 Å². The Balaban J connectivity index is 2.37. The first-order valence-corrected chi connectivity index (χ1v) is 12.1. The summed E-state index contributed by atoms with van der Waals surface area (Å²) >= 11 is 0. The van der Waals surface area contributed by atoms with E-state index in [9.17, 15) is 0 Å². The van der Waals surface area contributed by atoms with Gasteiger partial charge in [0.05, 0.1) is 5.57 Å². The third-order valence-electron chi connectivity index (χ3n) is 5.79. The molecule has 0 atom stereocenters. The fourth-order valence-corrected chi connectivity index (χ4v) is 3.86. The number of allylic oxidation sites excluding steroid dienone is 2. The average molecular weight is 415 g/mol. The van der Waals surface area contributed by atoms with Gasteiger partial charge in [0.2, 0.25) is 0 Å². The molecule has 164 valence electrons. The molecule has 0 radical (unpaired) electrons. The molecule has 0 heterocycles. The lowest BCUT2D eigenvalue weighted by molar-refractivity contribution is 0.00746. The Kier molecular flexibility index (Phi) is 11.4. The number of hydrogen-bond donors (Lipinski definition) is 0. The Morgan fingerprint density at radius 3 is 2.26 bits per heavy atom. The molecule has 0 amide bonds. The third-order valence-corrected chi connectivity index (χ3v) is 5.79. The van der Waals surface area contributed by atoms with E-state index in [4.69, 9.17) is 5.53 Å². The van der Waals surface area contributed by atoms with Gasteiger partial charge in [0.1, 0.15) is 0 Å². The second-order valence-electron chi connectivity index (χ2n) is 8.31. The first-order valence-electron chi connectivity index (χ1n) is 12.1. The van der Waals surface area contributed by atoms with Crippen molar-refractivity contribution in [2.24, 2.45) is 0 Å². The fraction of sp³-hybridized carbons (Fsp3) is 0.448. The molecule has 0 unspecified atom stereocenters. The lowest BCUT2D eigenvalue weighted by Gasteiger charge is -2.12. The standard InChI is InChI=1S/C29H38N2/c1-4-7-9-11-13-25-17-19-27(20-18-25)29(28-16-12-15-24(6-3)21-28)22-26(23-31-30)14-10-8-5-2/h12,15-22H,4-11,13-14H2,1-3H3. The molecule has 2 aromatic rings. The van der Waals surface area contributed by atoms with Gasteiger partial charge in [-0.2, -0.15) is 0 Å². The molecule has 0 saturated carbocycles. The minimum absolute atomic E-state index is 0.865. The highest BCUT2D eigenvalue weighted by atomic mass is 14.8. The van der Waals surface area contributed by atoms with Crippen molar-refractivity contribution in [3.63, 3.8) is 0 Å². The zero-order valence-electron chi connectivity index (χ0n) is 19.7. The van der Waals surface area contributed by atoms with Crippen LogP contribution in [0, 0.1) is 0 Å². The first-order chi connectivity index (χ1) is 15.2. The highest BCUT2D eigenvalue weighted by Gasteiger charge is 2.09. The molecule has 2 heteroatoms. The molecular formula is C29H38N2. The molecule has 0 bridgehead atoms. The SMILES string of the molecule is CCCCCCc1ccc(C(=CC(=C=[N+]=[N-])CCCCC)c2cccc(CC)c2)cc1. The number of benzene rings is 2. The van der Waals surface area contributed by atoms with E-state index in [1.165, 1.54) is 54.4 Å². The number of aryl methyl sites for hydroxylation is 2. The summed E-state index contributed by atoms with van der Waals surface area (Å²) in [5.74, 6) is 2.81.